The van der Waals surface area contributed by atoms with Crippen molar-refractivity contribution >= 4 is 17.5 Å². The Morgan fingerprint density at radius 1 is 1.33 bits per heavy atom. The molecule has 1 N–H and O–H groups in total. The predicted octanol–water partition coefficient (Wildman–Crippen LogP) is -0.0766. The van der Waals surface area contributed by atoms with Crippen molar-refractivity contribution in [2.75, 3.05) is 24.3 Å². The van der Waals surface area contributed by atoms with Crippen LogP contribution in [0.15, 0.2) is 18.6 Å². The van der Waals surface area contributed by atoms with Crippen LogP contribution in [0.1, 0.15) is 10.5 Å². The lowest BCUT2D eigenvalue weighted by molar-refractivity contribution is 0.102. The molecule has 0 saturated carbocycles. The predicted molar refractivity (Wildman–Crippen MR) is 65.3 cm³/mol. The van der Waals surface area contributed by atoms with Crippen molar-refractivity contribution in [2.45, 2.75) is 0 Å². The fourth-order valence-electron chi connectivity index (χ4n) is 1.26. The zero-order valence-electron chi connectivity index (χ0n) is 10.3. The highest BCUT2D eigenvalue weighted by Gasteiger charge is 2.10. The van der Waals surface area contributed by atoms with Gasteiger partial charge in [-0.15, -0.1) is 5.10 Å². The van der Waals surface area contributed by atoms with Crippen molar-refractivity contribution in [3.63, 3.8) is 0 Å². The van der Waals surface area contributed by atoms with Gasteiger partial charge in [0, 0.05) is 21.1 Å². The summed E-state index contributed by atoms with van der Waals surface area (Å²) in [5, 5.41) is 10.0. The van der Waals surface area contributed by atoms with Crippen molar-refractivity contribution in [3.05, 3.63) is 24.3 Å². The third-order valence-electron chi connectivity index (χ3n) is 2.13. The first kappa shape index (κ1) is 12.0. The second kappa shape index (κ2) is 4.78. The molecular formula is C10H13N7O. The summed E-state index contributed by atoms with van der Waals surface area (Å²) in [4.78, 5) is 21.7. The number of anilines is 2. The summed E-state index contributed by atoms with van der Waals surface area (Å²) in [6.07, 6.45) is 4.61. The first-order valence-electron chi connectivity index (χ1n) is 5.23. The standard InChI is InChI=1S/C10H13N7O/c1-16(2)10-11-4-7(5-12-10)13-9(18)8-6-17(3)15-14-8/h4-6H,1-3H3,(H,13,18). The van der Waals surface area contributed by atoms with Gasteiger partial charge in [-0.3, -0.25) is 9.48 Å². The van der Waals surface area contributed by atoms with Gasteiger partial charge in [0.05, 0.1) is 24.3 Å². The Bertz CT molecular complexity index is 546. The monoisotopic (exact) mass is 247 g/mol. The molecule has 2 aromatic rings. The zero-order chi connectivity index (χ0) is 13.1. The zero-order valence-corrected chi connectivity index (χ0v) is 10.3. The van der Waals surface area contributed by atoms with Crippen LogP contribution in [0.25, 0.3) is 0 Å². The summed E-state index contributed by atoms with van der Waals surface area (Å²) in [6, 6.07) is 0. The van der Waals surface area contributed by atoms with Gasteiger partial charge in [-0.1, -0.05) is 5.21 Å². The van der Waals surface area contributed by atoms with Gasteiger partial charge in [0.1, 0.15) is 0 Å². The summed E-state index contributed by atoms with van der Waals surface area (Å²) in [6.45, 7) is 0. The first-order chi connectivity index (χ1) is 8.56. The van der Waals surface area contributed by atoms with Gasteiger partial charge >= 0.3 is 0 Å². The molecule has 0 aliphatic heterocycles. The first-order valence-corrected chi connectivity index (χ1v) is 5.23. The number of aryl methyl sites for hydroxylation is 1. The number of hydrogen-bond acceptors (Lipinski definition) is 6. The third kappa shape index (κ3) is 2.59. The van der Waals surface area contributed by atoms with Crippen molar-refractivity contribution in [3.8, 4) is 0 Å². The average molecular weight is 247 g/mol. The van der Waals surface area contributed by atoms with Gasteiger partial charge in [0.25, 0.3) is 5.91 Å². The van der Waals surface area contributed by atoms with E-state index in [-0.39, 0.29) is 11.6 Å². The lowest BCUT2D eigenvalue weighted by Gasteiger charge is -2.09. The average Bonchev–Trinajstić information content (AvgIpc) is 2.76. The van der Waals surface area contributed by atoms with Gasteiger partial charge in [-0.05, 0) is 0 Å². The Kier molecular flexibility index (Phi) is 3.18. The normalized spacial score (nSPS) is 10.2. The number of carbonyl (C=O) groups excluding carboxylic acids is 1. The molecule has 0 radical (unpaired) electrons. The molecule has 0 spiro atoms. The van der Waals surface area contributed by atoms with Crippen LogP contribution >= 0.6 is 0 Å². The van der Waals surface area contributed by atoms with Gasteiger partial charge < -0.3 is 10.2 Å². The van der Waals surface area contributed by atoms with E-state index in [4.69, 9.17) is 0 Å². The molecule has 0 aliphatic carbocycles. The van der Waals surface area contributed by atoms with Crippen LogP contribution in [0.4, 0.5) is 11.6 Å². The molecule has 0 unspecified atom stereocenters. The van der Waals surface area contributed by atoms with E-state index >= 15 is 0 Å². The Hall–Kier alpha value is -2.51. The van der Waals surface area contributed by atoms with E-state index in [1.165, 1.54) is 23.3 Å². The number of nitrogens with one attached hydrogen (secondary N) is 1. The largest absolute Gasteiger partial charge is 0.347 e. The highest BCUT2D eigenvalue weighted by atomic mass is 16.2. The third-order valence-corrected chi connectivity index (χ3v) is 2.13. The SMILES string of the molecule is CN(C)c1ncc(NC(=O)c2cn(C)nn2)cn1. The van der Waals surface area contributed by atoms with Gasteiger partial charge in [-0.25, -0.2) is 9.97 Å². The Labute approximate surface area is 104 Å². The van der Waals surface area contributed by atoms with E-state index in [0.717, 1.165) is 0 Å². The van der Waals surface area contributed by atoms with Crippen LogP contribution in [0.2, 0.25) is 0 Å². The number of carbonyl (C=O) groups is 1. The van der Waals surface area contributed by atoms with Crippen LogP contribution in [0.5, 0.6) is 0 Å². The second-order valence-electron chi connectivity index (χ2n) is 3.90. The molecule has 8 nitrogen and oxygen atoms in total. The highest BCUT2D eigenvalue weighted by molar-refractivity contribution is 6.02. The van der Waals surface area contributed by atoms with Crippen LogP contribution < -0.4 is 10.2 Å². The molecular weight excluding hydrogens is 234 g/mol. The smallest absolute Gasteiger partial charge is 0.277 e. The Morgan fingerprint density at radius 3 is 2.50 bits per heavy atom. The van der Waals surface area contributed by atoms with E-state index < -0.39 is 0 Å². The van der Waals surface area contributed by atoms with E-state index in [1.807, 2.05) is 14.1 Å². The van der Waals surface area contributed by atoms with Crippen LogP contribution in [0, 0.1) is 0 Å². The molecule has 2 rings (SSSR count). The Morgan fingerprint density at radius 2 is 2.00 bits per heavy atom. The molecule has 0 aliphatic rings. The molecule has 18 heavy (non-hydrogen) atoms. The number of amides is 1. The molecule has 8 heteroatoms. The molecule has 0 aromatic carbocycles. The van der Waals surface area contributed by atoms with Crippen molar-refractivity contribution in [2.24, 2.45) is 7.05 Å². The fourth-order valence-corrected chi connectivity index (χ4v) is 1.26. The lowest BCUT2D eigenvalue weighted by Crippen LogP contribution is -2.15. The minimum atomic E-state index is -0.343. The lowest BCUT2D eigenvalue weighted by atomic mass is 10.4. The van der Waals surface area contributed by atoms with E-state index in [0.29, 0.717) is 11.6 Å². The molecule has 1 amide bonds. The van der Waals surface area contributed by atoms with E-state index in [1.54, 1.807) is 11.9 Å². The number of hydrogen-bond donors (Lipinski definition) is 1. The summed E-state index contributed by atoms with van der Waals surface area (Å²) in [7, 11) is 5.37. The summed E-state index contributed by atoms with van der Waals surface area (Å²) in [5.41, 5.74) is 0.755. The van der Waals surface area contributed by atoms with Crippen LogP contribution in [-0.4, -0.2) is 45.0 Å². The molecule has 94 valence electrons. The quantitative estimate of drug-likeness (QED) is 0.816. The summed E-state index contributed by atoms with van der Waals surface area (Å²) < 4.78 is 1.46. The van der Waals surface area contributed by atoms with E-state index in [9.17, 15) is 4.79 Å². The number of aromatic nitrogens is 5. The second-order valence-corrected chi connectivity index (χ2v) is 3.90. The summed E-state index contributed by atoms with van der Waals surface area (Å²) >= 11 is 0. The number of rotatable bonds is 3. The van der Waals surface area contributed by atoms with Gasteiger partial charge in [0.15, 0.2) is 5.69 Å². The maximum Gasteiger partial charge on any atom is 0.277 e. The van der Waals surface area contributed by atoms with Gasteiger partial charge in [0.2, 0.25) is 5.95 Å². The molecule has 2 aromatic heterocycles. The molecule has 0 bridgehead atoms. The minimum absolute atomic E-state index is 0.245. The number of nitrogens with zero attached hydrogens (tertiary/aromatic N) is 6. The van der Waals surface area contributed by atoms with Crippen LogP contribution in [0.3, 0.4) is 0 Å². The van der Waals surface area contributed by atoms with Crippen molar-refractivity contribution in [1.82, 2.24) is 25.0 Å². The molecule has 0 fully saturated rings. The molecule has 0 atom stereocenters. The molecule has 2 heterocycles. The maximum atomic E-state index is 11.8. The Balaban J connectivity index is 2.07. The topological polar surface area (TPSA) is 88.8 Å². The minimum Gasteiger partial charge on any atom is -0.347 e. The molecule has 0 saturated heterocycles. The summed E-state index contributed by atoms with van der Waals surface area (Å²) in [5.74, 6) is 0.233. The van der Waals surface area contributed by atoms with Crippen molar-refractivity contribution < 1.29 is 4.79 Å². The van der Waals surface area contributed by atoms with Crippen molar-refractivity contribution in [1.29, 1.82) is 0 Å². The maximum absolute atomic E-state index is 11.8. The van der Waals surface area contributed by atoms with E-state index in [2.05, 4.69) is 25.6 Å². The highest BCUT2D eigenvalue weighted by Crippen LogP contribution is 2.08. The van der Waals surface area contributed by atoms with Crippen LogP contribution in [-0.2, 0) is 7.05 Å². The fraction of sp³-hybridized carbons (Fsp3) is 0.300. The van der Waals surface area contributed by atoms with Gasteiger partial charge in [-0.2, -0.15) is 0 Å².